The highest BCUT2D eigenvalue weighted by Crippen LogP contribution is 2.37. The van der Waals surface area contributed by atoms with E-state index in [1.54, 1.807) is 7.11 Å². The van der Waals surface area contributed by atoms with Crippen LogP contribution in [0.15, 0.2) is 4.99 Å². The number of rotatable bonds is 3. The zero-order valence-corrected chi connectivity index (χ0v) is 10.9. The molecule has 2 saturated heterocycles. The predicted octanol–water partition coefficient (Wildman–Crippen LogP) is 0.321. The van der Waals surface area contributed by atoms with Gasteiger partial charge < -0.3 is 19.7 Å². The summed E-state index contributed by atoms with van der Waals surface area (Å²) in [5.41, 5.74) is 0.388. The summed E-state index contributed by atoms with van der Waals surface area (Å²) in [6.07, 6.45) is 2.41. The second-order valence-electron chi connectivity index (χ2n) is 4.94. The topological polar surface area (TPSA) is 46.1 Å². The minimum Gasteiger partial charge on any atom is -0.383 e. The number of aliphatic imine (C=N–C) groups is 1. The Morgan fingerprint density at radius 2 is 2.41 bits per heavy atom. The van der Waals surface area contributed by atoms with Crippen LogP contribution < -0.4 is 5.32 Å². The largest absolute Gasteiger partial charge is 0.383 e. The average Bonchev–Trinajstić information content (AvgIpc) is 2.96. The van der Waals surface area contributed by atoms with E-state index in [4.69, 9.17) is 9.47 Å². The highest BCUT2D eigenvalue weighted by Gasteiger charge is 2.42. The Balaban J connectivity index is 1.85. The third kappa shape index (κ3) is 2.90. The lowest BCUT2D eigenvalue weighted by molar-refractivity contribution is 0.156. The third-order valence-corrected chi connectivity index (χ3v) is 3.72. The van der Waals surface area contributed by atoms with Gasteiger partial charge in [0.2, 0.25) is 0 Å². The lowest BCUT2D eigenvalue weighted by Gasteiger charge is -2.24. The van der Waals surface area contributed by atoms with Gasteiger partial charge in [-0.2, -0.15) is 0 Å². The van der Waals surface area contributed by atoms with Crippen molar-refractivity contribution in [2.24, 2.45) is 10.4 Å². The molecule has 17 heavy (non-hydrogen) atoms. The summed E-state index contributed by atoms with van der Waals surface area (Å²) in [6, 6.07) is 0. The van der Waals surface area contributed by atoms with E-state index in [9.17, 15) is 0 Å². The minimum absolute atomic E-state index is 0.388. The Morgan fingerprint density at radius 1 is 1.53 bits per heavy atom. The van der Waals surface area contributed by atoms with E-state index >= 15 is 0 Å². The van der Waals surface area contributed by atoms with Gasteiger partial charge in [-0.05, 0) is 12.8 Å². The van der Waals surface area contributed by atoms with Gasteiger partial charge in [0.05, 0.1) is 13.2 Å². The Morgan fingerprint density at radius 3 is 3.06 bits per heavy atom. The van der Waals surface area contributed by atoms with Crippen LogP contribution >= 0.6 is 0 Å². The SMILES string of the molecule is CN=C(NCCOC)N1CCC2(CCOC2)C1. The Kier molecular flexibility index (Phi) is 4.23. The number of nitrogens with one attached hydrogen (secondary N) is 1. The van der Waals surface area contributed by atoms with Gasteiger partial charge in [-0.25, -0.2) is 0 Å². The van der Waals surface area contributed by atoms with Crippen molar-refractivity contribution < 1.29 is 9.47 Å². The fraction of sp³-hybridized carbons (Fsp3) is 0.917. The molecule has 2 rings (SSSR count). The second-order valence-corrected chi connectivity index (χ2v) is 4.94. The lowest BCUT2D eigenvalue weighted by Crippen LogP contribution is -2.42. The van der Waals surface area contributed by atoms with E-state index in [-0.39, 0.29) is 0 Å². The molecule has 0 aliphatic carbocycles. The number of methoxy groups -OCH3 is 1. The number of ether oxygens (including phenoxy) is 2. The smallest absolute Gasteiger partial charge is 0.193 e. The van der Waals surface area contributed by atoms with Crippen LogP contribution in [0.2, 0.25) is 0 Å². The van der Waals surface area contributed by atoms with E-state index < -0.39 is 0 Å². The molecular formula is C12H23N3O2. The molecule has 0 saturated carbocycles. The first kappa shape index (κ1) is 12.6. The van der Waals surface area contributed by atoms with Crippen molar-refractivity contribution in [2.45, 2.75) is 12.8 Å². The van der Waals surface area contributed by atoms with Gasteiger partial charge in [-0.15, -0.1) is 0 Å². The summed E-state index contributed by atoms with van der Waals surface area (Å²) in [7, 11) is 3.55. The van der Waals surface area contributed by atoms with Crippen molar-refractivity contribution in [1.82, 2.24) is 10.2 Å². The molecular weight excluding hydrogens is 218 g/mol. The molecule has 1 spiro atoms. The van der Waals surface area contributed by atoms with E-state index in [1.165, 1.54) is 12.8 Å². The Bertz CT molecular complexity index is 275. The molecule has 0 bridgehead atoms. The van der Waals surface area contributed by atoms with E-state index in [1.807, 2.05) is 7.05 Å². The Labute approximate surface area is 103 Å². The summed E-state index contributed by atoms with van der Waals surface area (Å²) in [6.45, 7) is 5.50. The van der Waals surface area contributed by atoms with Gasteiger partial charge >= 0.3 is 0 Å². The number of guanidine groups is 1. The van der Waals surface area contributed by atoms with Crippen molar-refractivity contribution in [3.8, 4) is 0 Å². The van der Waals surface area contributed by atoms with Crippen LogP contribution in [0.1, 0.15) is 12.8 Å². The molecule has 0 amide bonds. The molecule has 5 heteroatoms. The van der Waals surface area contributed by atoms with Crippen molar-refractivity contribution in [3.63, 3.8) is 0 Å². The maximum Gasteiger partial charge on any atom is 0.193 e. The zero-order chi connectivity index (χ0) is 12.1. The Hall–Kier alpha value is -0.810. The van der Waals surface area contributed by atoms with Crippen molar-refractivity contribution in [2.75, 3.05) is 53.6 Å². The number of hydrogen-bond donors (Lipinski definition) is 1. The maximum atomic E-state index is 5.54. The van der Waals surface area contributed by atoms with Gasteiger partial charge in [0.1, 0.15) is 0 Å². The second kappa shape index (κ2) is 5.69. The van der Waals surface area contributed by atoms with E-state index in [0.29, 0.717) is 12.0 Å². The van der Waals surface area contributed by atoms with Gasteiger partial charge in [0.15, 0.2) is 5.96 Å². The number of nitrogens with zero attached hydrogens (tertiary/aromatic N) is 2. The van der Waals surface area contributed by atoms with Crippen molar-refractivity contribution in [3.05, 3.63) is 0 Å². The number of likely N-dealkylation sites (tertiary alicyclic amines) is 1. The average molecular weight is 241 g/mol. The lowest BCUT2D eigenvalue weighted by atomic mass is 9.87. The van der Waals surface area contributed by atoms with E-state index in [2.05, 4.69) is 15.2 Å². The molecule has 1 atom stereocenters. The quantitative estimate of drug-likeness (QED) is 0.439. The fourth-order valence-corrected chi connectivity index (χ4v) is 2.68. The van der Waals surface area contributed by atoms with Crippen LogP contribution in [0.4, 0.5) is 0 Å². The maximum absolute atomic E-state index is 5.54. The van der Waals surface area contributed by atoms with Gasteiger partial charge in [-0.3, -0.25) is 4.99 Å². The summed E-state index contributed by atoms with van der Waals surface area (Å²) in [4.78, 5) is 6.67. The molecule has 0 radical (unpaired) electrons. The summed E-state index contributed by atoms with van der Waals surface area (Å²) in [5.74, 6) is 0.992. The molecule has 1 unspecified atom stereocenters. The van der Waals surface area contributed by atoms with Crippen LogP contribution in [0.25, 0.3) is 0 Å². The van der Waals surface area contributed by atoms with E-state index in [0.717, 1.165) is 38.8 Å². The molecule has 0 aromatic heterocycles. The normalized spacial score (nSPS) is 29.3. The zero-order valence-electron chi connectivity index (χ0n) is 10.9. The molecule has 1 N–H and O–H groups in total. The van der Waals surface area contributed by atoms with Gasteiger partial charge in [0, 0.05) is 45.8 Å². The molecule has 5 nitrogen and oxygen atoms in total. The van der Waals surface area contributed by atoms with Crippen molar-refractivity contribution >= 4 is 5.96 Å². The highest BCUT2D eigenvalue weighted by molar-refractivity contribution is 5.80. The summed E-state index contributed by atoms with van der Waals surface area (Å²) < 4.78 is 10.6. The van der Waals surface area contributed by atoms with Crippen LogP contribution in [-0.2, 0) is 9.47 Å². The molecule has 0 aromatic carbocycles. The highest BCUT2D eigenvalue weighted by atomic mass is 16.5. The third-order valence-electron chi connectivity index (χ3n) is 3.72. The first-order valence-corrected chi connectivity index (χ1v) is 6.32. The van der Waals surface area contributed by atoms with Crippen LogP contribution in [0.3, 0.4) is 0 Å². The molecule has 0 aromatic rings. The van der Waals surface area contributed by atoms with Crippen LogP contribution in [0, 0.1) is 5.41 Å². The molecule has 98 valence electrons. The number of hydrogen-bond acceptors (Lipinski definition) is 3. The minimum atomic E-state index is 0.388. The monoisotopic (exact) mass is 241 g/mol. The molecule has 2 aliphatic rings. The predicted molar refractivity (Wildman–Crippen MR) is 67.3 cm³/mol. The van der Waals surface area contributed by atoms with Crippen molar-refractivity contribution in [1.29, 1.82) is 0 Å². The van der Waals surface area contributed by atoms with Crippen LogP contribution in [-0.4, -0.2) is 64.5 Å². The first-order chi connectivity index (χ1) is 8.29. The fourth-order valence-electron chi connectivity index (χ4n) is 2.68. The van der Waals surface area contributed by atoms with Gasteiger partial charge in [0.25, 0.3) is 0 Å². The summed E-state index contributed by atoms with van der Waals surface area (Å²) >= 11 is 0. The van der Waals surface area contributed by atoms with Crippen LogP contribution in [0.5, 0.6) is 0 Å². The molecule has 2 aliphatic heterocycles. The molecule has 2 fully saturated rings. The standard InChI is InChI=1S/C12H23N3O2/c1-13-11(14-5-8-16-2)15-6-3-12(9-15)4-7-17-10-12/h3-10H2,1-2H3,(H,13,14). The summed E-state index contributed by atoms with van der Waals surface area (Å²) in [5, 5.41) is 3.33. The van der Waals surface area contributed by atoms with Gasteiger partial charge in [-0.1, -0.05) is 0 Å². The first-order valence-electron chi connectivity index (χ1n) is 6.32. The molecule has 2 heterocycles.